The number of aryl methyl sites for hydroxylation is 2. The lowest BCUT2D eigenvalue weighted by Gasteiger charge is -2.26. The standard InChI is InChI=1S/C24H32N2O2/c1-18-10-11-23(19(2)14-18)28-20(3)24(27)25-16-21-8-7-9-22(15-21)17-26-12-5-4-6-13-26/h7-11,14-15,20H,4-6,12-13,16-17H2,1-3H3,(H,25,27)/t20-/m0/s1. The third-order valence-electron chi connectivity index (χ3n) is 5.32. The number of ether oxygens (including phenoxy) is 1. The van der Waals surface area contributed by atoms with E-state index in [2.05, 4.69) is 40.5 Å². The minimum Gasteiger partial charge on any atom is -0.481 e. The topological polar surface area (TPSA) is 41.6 Å². The minimum absolute atomic E-state index is 0.0959. The van der Waals surface area contributed by atoms with E-state index >= 15 is 0 Å². The molecule has 0 aliphatic carbocycles. The number of hydrogen-bond acceptors (Lipinski definition) is 3. The first kappa shape index (κ1) is 20.4. The molecule has 150 valence electrons. The molecule has 1 atom stereocenters. The SMILES string of the molecule is Cc1ccc(O[C@@H](C)C(=O)NCc2cccc(CN3CCCCC3)c2)c(C)c1. The van der Waals surface area contributed by atoms with Gasteiger partial charge in [0, 0.05) is 13.1 Å². The molecular formula is C24H32N2O2. The quantitative estimate of drug-likeness (QED) is 0.775. The van der Waals surface area contributed by atoms with Crippen molar-refractivity contribution in [3.8, 4) is 5.75 Å². The fourth-order valence-electron chi connectivity index (χ4n) is 3.72. The fraction of sp³-hybridized carbons (Fsp3) is 0.458. The van der Waals surface area contributed by atoms with Crippen molar-refractivity contribution < 1.29 is 9.53 Å². The lowest BCUT2D eigenvalue weighted by molar-refractivity contribution is -0.127. The van der Waals surface area contributed by atoms with Gasteiger partial charge in [0.2, 0.25) is 0 Å². The maximum Gasteiger partial charge on any atom is 0.261 e. The molecule has 0 radical (unpaired) electrons. The molecule has 28 heavy (non-hydrogen) atoms. The summed E-state index contributed by atoms with van der Waals surface area (Å²) in [5, 5.41) is 3.00. The summed E-state index contributed by atoms with van der Waals surface area (Å²) in [6.45, 7) is 9.73. The summed E-state index contributed by atoms with van der Waals surface area (Å²) in [6.07, 6.45) is 3.42. The summed E-state index contributed by atoms with van der Waals surface area (Å²) in [6, 6.07) is 14.5. The summed E-state index contributed by atoms with van der Waals surface area (Å²) in [5.74, 6) is 0.665. The number of rotatable bonds is 7. The highest BCUT2D eigenvalue weighted by atomic mass is 16.5. The third kappa shape index (κ3) is 5.83. The number of benzene rings is 2. The number of likely N-dealkylation sites (tertiary alicyclic amines) is 1. The molecule has 1 amide bonds. The van der Waals surface area contributed by atoms with Crippen molar-refractivity contribution in [1.29, 1.82) is 0 Å². The Morgan fingerprint density at radius 1 is 1.07 bits per heavy atom. The molecule has 4 heteroatoms. The van der Waals surface area contributed by atoms with Gasteiger partial charge in [-0.2, -0.15) is 0 Å². The van der Waals surface area contributed by atoms with E-state index in [1.54, 1.807) is 6.92 Å². The Kier molecular flexibility index (Phi) is 7.10. The van der Waals surface area contributed by atoms with Crippen molar-refractivity contribution in [3.05, 3.63) is 64.7 Å². The van der Waals surface area contributed by atoms with E-state index < -0.39 is 6.10 Å². The Morgan fingerprint density at radius 3 is 2.57 bits per heavy atom. The number of piperidine rings is 1. The van der Waals surface area contributed by atoms with Crippen molar-refractivity contribution in [2.45, 2.75) is 59.2 Å². The van der Waals surface area contributed by atoms with Gasteiger partial charge >= 0.3 is 0 Å². The second-order valence-electron chi connectivity index (χ2n) is 7.90. The predicted octanol–water partition coefficient (Wildman–Crippen LogP) is 4.37. The Hall–Kier alpha value is -2.33. The smallest absolute Gasteiger partial charge is 0.261 e. The average Bonchev–Trinajstić information content (AvgIpc) is 2.69. The second-order valence-corrected chi connectivity index (χ2v) is 7.90. The van der Waals surface area contributed by atoms with Crippen LogP contribution in [0.1, 0.15) is 48.4 Å². The van der Waals surface area contributed by atoms with Crippen molar-refractivity contribution in [2.75, 3.05) is 13.1 Å². The van der Waals surface area contributed by atoms with Crippen LogP contribution in [-0.2, 0) is 17.9 Å². The summed E-state index contributed by atoms with van der Waals surface area (Å²) >= 11 is 0. The Labute approximate surface area is 168 Å². The van der Waals surface area contributed by atoms with Crippen molar-refractivity contribution >= 4 is 5.91 Å². The number of hydrogen-bond donors (Lipinski definition) is 1. The molecule has 2 aromatic carbocycles. The molecule has 0 saturated carbocycles. The first-order valence-electron chi connectivity index (χ1n) is 10.3. The highest BCUT2D eigenvalue weighted by Gasteiger charge is 2.16. The average molecular weight is 381 g/mol. The maximum absolute atomic E-state index is 12.5. The first-order chi connectivity index (χ1) is 13.5. The molecule has 0 spiro atoms. The van der Waals surface area contributed by atoms with Crippen LogP contribution < -0.4 is 10.1 Å². The van der Waals surface area contributed by atoms with Gasteiger partial charge in [0.15, 0.2) is 6.10 Å². The normalized spacial score (nSPS) is 15.8. The van der Waals surface area contributed by atoms with Crippen LogP contribution in [0.4, 0.5) is 0 Å². The number of nitrogens with one attached hydrogen (secondary N) is 1. The van der Waals surface area contributed by atoms with Gasteiger partial charge in [-0.15, -0.1) is 0 Å². The zero-order chi connectivity index (χ0) is 19.9. The van der Waals surface area contributed by atoms with E-state index in [1.807, 2.05) is 26.0 Å². The molecule has 1 fully saturated rings. The number of amides is 1. The van der Waals surface area contributed by atoms with Crippen molar-refractivity contribution in [1.82, 2.24) is 10.2 Å². The predicted molar refractivity (Wildman–Crippen MR) is 113 cm³/mol. The molecule has 3 rings (SSSR count). The van der Waals surface area contributed by atoms with Crippen LogP contribution in [0.15, 0.2) is 42.5 Å². The molecule has 1 N–H and O–H groups in total. The zero-order valence-electron chi connectivity index (χ0n) is 17.3. The van der Waals surface area contributed by atoms with Gasteiger partial charge in [-0.1, -0.05) is 48.4 Å². The van der Waals surface area contributed by atoms with Gasteiger partial charge in [0.1, 0.15) is 5.75 Å². The van der Waals surface area contributed by atoms with E-state index in [1.165, 1.54) is 43.5 Å². The van der Waals surface area contributed by atoms with Crippen molar-refractivity contribution in [3.63, 3.8) is 0 Å². The molecule has 0 bridgehead atoms. The van der Waals surface area contributed by atoms with Crippen LogP contribution in [0.25, 0.3) is 0 Å². The summed E-state index contributed by atoms with van der Waals surface area (Å²) in [7, 11) is 0. The highest BCUT2D eigenvalue weighted by molar-refractivity contribution is 5.80. The summed E-state index contributed by atoms with van der Waals surface area (Å²) < 4.78 is 5.86. The highest BCUT2D eigenvalue weighted by Crippen LogP contribution is 2.20. The Balaban J connectivity index is 1.51. The summed E-state index contributed by atoms with van der Waals surface area (Å²) in [4.78, 5) is 15.0. The molecule has 2 aromatic rings. The van der Waals surface area contributed by atoms with E-state index in [4.69, 9.17) is 4.74 Å². The molecular weight excluding hydrogens is 348 g/mol. The Morgan fingerprint density at radius 2 is 1.82 bits per heavy atom. The van der Waals surface area contributed by atoms with Crippen LogP contribution >= 0.6 is 0 Å². The van der Waals surface area contributed by atoms with Gasteiger partial charge in [-0.3, -0.25) is 9.69 Å². The molecule has 0 unspecified atom stereocenters. The number of carbonyl (C=O) groups excluding carboxylic acids is 1. The third-order valence-corrected chi connectivity index (χ3v) is 5.32. The van der Waals surface area contributed by atoms with E-state index in [0.717, 1.165) is 23.4 Å². The van der Waals surface area contributed by atoms with E-state index in [-0.39, 0.29) is 5.91 Å². The van der Waals surface area contributed by atoms with Crippen LogP contribution in [0, 0.1) is 13.8 Å². The van der Waals surface area contributed by atoms with Gasteiger partial charge < -0.3 is 10.1 Å². The minimum atomic E-state index is -0.530. The van der Waals surface area contributed by atoms with Gasteiger partial charge in [0.25, 0.3) is 5.91 Å². The van der Waals surface area contributed by atoms with Crippen molar-refractivity contribution in [2.24, 2.45) is 0 Å². The zero-order valence-corrected chi connectivity index (χ0v) is 17.3. The molecule has 4 nitrogen and oxygen atoms in total. The van der Waals surface area contributed by atoms with Crippen LogP contribution in [0.5, 0.6) is 5.75 Å². The lowest BCUT2D eigenvalue weighted by Crippen LogP contribution is -2.36. The molecule has 1 aliphatic rings. The van der Waals surface area contributed by atoms with Gasteiger partial charge in [0.05, 0.1) is 0 Å². The lowest BCUT2D eigenvalue weighted by atomic mass is 10.1. The molecule has 1 aliphatic heterocycles. The first-order valence-corrected chi connectivity index (χ1v) is 10.3. The van der Waals surface area contributed by atoms with Gasteiger partial charge in [-0.25, -0.2) is 0 Å². The molecule has 1 saturated heterocycles. The largest absolute Gasteiger partial charge is 0.481 e. The van der Waals surface area contributed by atoms with Crippen LogP contribution in [0.3, 0.4) is 0 Å². The van der Waals surface area contributed by atoms with E-state index in [0.29, 0.717) is 6.54 Å². The fourth-order valence-corrected chi connectivity index (χ4v) is 3.72. The maximum atomic E-state index is 12.5. The molecule has 0 aromatic heterocycles. The number of nitrogens with zero attached hydrogens (tertiary/aromatic N) is 1. The molecule has 1 heterocycles. The monoisotopic (exact) mass is 380 g/mol. The van der Waals surface area contributed by atoms with Gasteiger partial charge in [-0.05, 0) is 69.5 Å². The Bertz CT molecular complexity index is 797. The summed E-state index contributed by atoms with van der Waals surface area (Å²) in [5.41, 5.74) is 4.67. The van der Waals surface area contributed by atoms with Crippen LogP contribution in [-0.4, -0.2) is 30.0 Å². The van der Waals surface area contributed by atoms with E-state index in [9.17, 15) is 4.79 Å². The van der Waals surface area contributed by atoms with Crippen LogP contribution in [0.2, 0.25) is 0 Å². The second kappa shape index (κ2) is 9.74. The number of carbonyl (C=O) groups is 1.